The van der Waals surface area contributed by atoms with Crippen molar-refractivity contribution in [3.05, 3.63) is 45.0 Å². The Bertz CT molecular complexity index is 1320. The molecule has 1 amide bonds. The number of piperidine rings is 2. The van der Waals surface area contributed by atoms with Crippen molar-refractivity contribution in [1.29, 1.82) is 0 Å². The molecule has 2 aromatic heterocycles. The minimum atomic E-state index is -0.443. The number of hydrogen-bond acceptors (Lipinski definition) is 6. The van der Waals surface area contributed by atoms with Crippen molar-refractivity contribution < 1.29 is 18.4 Å². The number of aryl methyl sites for hydroxylation is 3. The molecule has 2 atom stereocenters. The molecule has 0 aliphatic carbocycles. The Morgan fingerprint density at radius 2 is 1.89 bits per heavy atom. The van der Waals surface area contributed by atoms with Gasteiger partial charge in [0, 0.05) is 42.6 Å². The van der Waals surface area contributed by atoms with Crippen molar-refractivity contribution in [1.82, 2.24) is 9.80 Å². The number of carbonyl (C=O) groups excluding carboxylic acids is 1. The highest BCUT2D eigenvalue weighted by Crippen LogP contribution is 2.34. The summed E-state index contributed by atoms with van der Waals surface area (Å²) in [6, 6.07) is 2.58. The number of carbonyl (C=O) groups is 1. The lowest BCUT2D eigenvalue weighted by molar-refractivity contribution is -0.132. The van der Waals surface area contributed by atoms with Crippen molar-refractivity contribution in [3.63, 3.8) is 0 Å². The van der Waals surface area contributed by atoms with Crippen LogP contribution >= 0.6 is 0 Å². The quantitative estimate of drug-likeness (QED) is 0.442. The average Bonchev–Trinajstić information content (AvgIpc) is 3.25. The van der Waals surface area contributed by atoms with E-state index in [-0.39, 0.29) is 12.3 Å². The predicted octanol–water partition coefficient (Wildman–Crippen LogP) is 4.75. The van der Waals surface area contributed by atoms with Gasteiger partial charge in [0.05, 0.1) is 24.9 Å². The summed E-state index contributed by atoms with van der Waals surface area (Å²) in [6.07, 6.45) is 7.85. The van der Waals surface area contributed by atoms with Crippen LogP contribution in [0.15, 0.2) is 26.0 Å². The maximum atomic E-state index is 13.6. The summed E-state index contributed by atoms with van der Waals surface area (Å²) in [4.78, 5) is 31.3. The minimum Gasteiger partial charge on any atom is -0.464 e. The number of methoxy groups -OCH3 is 1. The monoisotopic (exact) mass is 494 g/mol. The zero-order valence-corrected chi connectivity index (χ0v) is 22.0. The fraction of sp³-hybridized carbons (Fsp3) is 0.586. The molecule has 194 valence electrons. The molecule has 0 saturated carbocycles. The number of hydrogen-bond donors (Lipinski definition) is 0. The van der Waals surface area contributed by atoms with E-state index >= 15 is 0 Å². The second-order valence-corrected chi connectivity index (χ2v) is 10.7. The lowest BCUT2D eigenvalue weighted by Crippen LogP contribution is -2.52. The first kappa shape index (κ1) is 25.0. The molecule has 5 rings (SSSR count). The van der Waals surface area contributed by atoms with Gasteiger partial charge in [0.2, 0.25) is 5.91 Å². The molecule has 1 aromatic carbocycles. The van der Waals surface area contributed by atoms with Gasteiger partial charge in [-0.3, -0.25) is 4.79 Å². The molecule has 2 saturated heterocycles. The van der Waals surface area contributed by atoms with Gasteiger partial charge in [-0.1, -0.05) is 6.42 Å². The van der Waals surface area contributed by atoms with Crippen molar-refractivity contribution in [2.75, 3.05) is 39.9 Å². The van der Waals surface area contributed by atoms with Crippen LogP contribution in [-0.2, 0) is 16.0 Å². The van der Waals surface area contributed by atoms with Crippen LogP contribution in [0.2, 0.25) is 0 Å². The van der Waals surface area contributed by atoms with E-state index in [1.165, 1.54) is 38.8 Å². The Kier molecular flexibility index (Phi) is 7.22. The third-order valence-electron chi connectivity index (χ3n) is 8.46. The third kappa shape index (κ3) is 4.59. The standard InChI is InChI=1S/C29H38N2O5/c1-18-17-35-27-20(3)28-23(14-22(18)27)19(2)24(29(33)36-28)15-26(32)31(12-13-34-4)16-21-8-7-11-30-10-6-5-9-25(21)30/h14,17,21,25H,5-13,15-16H2,1-4H3. The molecule has 0 radical (unpaired) electrons. The molecule has 36 heavy (non-hydrogen) atoms. The molecule has 2 aliphatic heterocycles. The first-order valence-corrected chi connectivity index (χ1v) is 13.3. The van der Waals surface area contributed by atoms with Gasteiger partial charge in [-0.15, -0.1) is 0 Å². The van der Waals surface area contributed by atoms with Gasteiger partial charge >= 0.3 is 5.63 Å². The summed E-state index contributed by atoms with van der Waals surface area (Å²) in [5.74, 6) is 0.431. The average molecular weight is 495 g/mol. The second kappa shape index (κ2) is 10.4. The summed E-state index contributed by atoms with van der Waals surface area (Å²) in [6.45, 7) is 9.91. The second-order valence-electron chi connectivity index (χ2n) is 10.7. The molecule has 2 unspecified atom stereocenters. The smallest absolute Gasteiger partial charge is 0.340 e. The van der Waals surface area contributed by atoms with E-state index in [9.17, 15) is 9.59 Å². The van der Waals surface area contributed by atoms with Crippen molar-refractivity contribution in [3.8, 4) is 0 Å². The SMILES string of the molecule is COCCN(CC1CCCN2CCCCC12)C(=O)Cc1c(C)c2cc3c(C)coc3c(C)c2oc1=O. The molecule has 0 bridgehead atoms. The van der Waals surface area contributed by atoms with E-state index in [0.717, 1.165) is 46.0 Å². The van der Waals surface area contributed by atoms with Crippen LogP contribution in [0.1, 0.15) is 54.4 Å². The van der Waals surface area contributed by atoms with Crippen molar-refractivity contribution in [2.24, 2.45) is 5.92 Å². The van der Waals surface area contributed by atoms with Crippen LogP contribution in [0, 0.1) is 26.7 Å². The highest BCUT2D eigenvalue weighted by molar-refractivity contribution is 6.00. The van der Waals surface area contributed by atoms with Crippen LogP contribution in [0.4, 0.5) is 0 Å². The molecular formula is C29H38N2O5. The normalized spacial score (nSPS) is 20.7. The molecule has 0 N–H and O–H groups in total. The number of furan rings is 1. The number of rotatable bonds is 7. The first-order valence-electron chi connectivity index (χ1n) is 13.3. The zero-order valence-electron chi connectivity index (χ0n) is 22.0. The summed E-state index contributed by atoms with van der Waals surface area (Å²) < 4.78 is 16.8. The predicted molar refractivity (Wildman–Crippen MR) is 141 cm³/mol. The van der Waals surface area contributed by atoms with Gasteiger partial charge in [0.25, 0.3) is 0 Å². The highest BCUT2D eigenvalue weighted by Gasteiger charge is 2.35. The molecular weight excluding hydrogens is 456 g/mol. The summed E-state index contributed by atoms with van der Waals surface area (Å²) >= 11 is 0. The van der Waals surface area contributed by atoms with E-state index in [1.54, 1.807) is 13.4 Å². The fourth-order valence-electron chi connectivity index (χ4n) is 6.38. The van der Waals surface area contributed by atoms with Gasteiger partial charge in [-0.25, -0.2) is 4.79 Å². The Morgan fingerprint density at radius 1 is 1.08 bits per heavy atom. The molecule has 3 aromatic rings. The Balaban J connectivity index is 1.43. The molecule has 0 spiro atoms. The van der Waals surface area contributed by atoms with E-state index in [2.05, 4.69) is 4.90 Å². The highest BCUT2D eigenvalue weighted by atomic mass is 16.5. The number of fused-ring (bicyclic) bond motifs is 3. The number of amides is 1. The van der Waals surface area contributed by atoms with Gasteiger partial charge in [0.1, 0.15) is 11.2 Å². The zero-order chi connectivity index (χ0) is 25.4. The molecule has 2 fully saturated rings. The van der Waals surface area contributed by atoms with E-state index in [1.807, 2.05) is 31.7 Å². The number of nitrogens with zero attached hydrogens (tertiary/aromatic N) is 2. The molecule has 2 aliphatic rings. The van der Waals surface area contributed by atoms with Crippen LogP contribution in [0.3, 0.4) is 0 Å². The van der Waals surface area contributed by atoms with Crippen molar-refractivity contribution in [2.45, 2.75) is 65.3 Å². The fourth-order valence-corrected chi connectivity index (χ4v) is 6.38. The maximum Gasteiger partial charge on any atom is 0.340 e. The molecule has 4 heterocycles. The lowest BCUT2D eigenvalue weighted by atomic mass is 9.83. The summed E-state index contributed by atoms with van der Waals surface area (Å²) in [5, 5.41) is 1.87. The van der Waals surface area contributed by atoms with Crippen LogP contribution in [0.25, 0.3) is 21.9 Å². The van der Waals surface area contributed by atoms with E-state index in [4.69, 9.17) is 13.6 Å². The van der Waals surface area contributed by atoms with Gasteiger partial charge in [-0.05, 0) is 82.7 Å². The van der Waals surface area contributed by atoms with Crippen LogP contribution < -0.4 is 5.63 Å². The Labute approximate surface area is 212 Å². The topological polar surface area (TPSA) is 76.1 Å². The van der Waals surface area contributed by atoms with Crippen LogP contribution in [0.5, 0.6) is 0 Å². The summed E-state index contributed by atoms with van der Waals surface area (Å²) in [7, 11) is 1.66. The Morgan fingerprint density at radius 3 is 2.69 bits per heavy atom. The number of benzene rings is 1. The van der Waals surface area contributed by atoms with Gasteiger partial charge in [-0.2, -0.15) is 0 Å². The van der Waals surface area contributed by atoms with Crippen molar-refractivity contribution >= 4 is 27.8 Å². The minimum absolute atomic E-state index is 0.0352. The lowest BCUT2D eigenvalue weighted by Gasteiger charge is -2.45. The largest absolute Gasteiger partial charge is 0.464 e. The summed E-state index contributed by atoms with van der Waals surface area (Å²) in [5.41, 5.74) is 3.92. The third-order valence-corrected chi connectivity index (χ3v) is 8.46. The van der Waals surface area contributed by atoms with E-state index < -0.39 is 5.63 Å². The Hall–Kier alpha value is -2.64. The first-order chi connectivity index (χ1) is 17.4. The molecule has 7 heteroatoms. The molecule has 7 nitrogen and oxygen atoms in total. The maximum absolute atomic E-state index is 13.6. The van der Waals surface area contributed by atoms with E-state index in [0.29, 0.717) is 36.3 Å². The van der Waals surface area contributed by atoms with Crippen LogP contribution in [-0.4, -0.2) is 61.6 Å². The van der Waals surface area contributed by atoms with Gasteiger partial charge < -0.3 is 23.4 Å². The number of ether oxygens (including phenoxy) is 1. The van der Waals surface area contributed by atoms with Gasteiger partial charge in [0.15, 0.2) is 0 Å².